The summed E-state index contributed by atoms with van der Waals surface area (Å²) in [6.45, 7) is 2.74. The van der Waals surface area contributed by atoms with E-state index in [1.807, 2.05) is 61.2 Å². The molecule has 0 radical (unpaired) electrons. The van der Waals surface area contributed by atoms with Crippen molar-refractivity contribution in [3.05, 3.63) is 72.3 Å². The predicted molar refractivity (Wildman–Crippen MR) is 104 cm³/mol. The zero-order valence-corrected chi connectivity index (χ0v) is 14.6. The molecule has 0 saturated heterocycles. The van der Waals surface area contributed by atoms with Crippen molar-refractivity contribution in [3.63, 3.8) is 0 Å². The lowest BCUT2D eigenvalue weighted by molar-refractivity contribution is 0.480. The summed E-state index contributed by atoms with van der Waals surface area (Å²) >= 11 is 1.85. The fraction of sp³-hybridized carbons (Fsp3) is 0.190. The fourth-order valence-electron chi connectivity index (χ4n) is 2.65. The van der Waals surface area contributed by atoms with Gasteiger partial charge >= 0.3 is 0 Å². The highest BCUT2D eigenvalue weighted by Gasteiger charge is 2.08. The number of rotatable bonds is 6. The van der Waals surface area contributed by atoms with Crippen molar-refractivity contribution in [3.8, 4) is 5.75 Å². The summed E-state index contributed by atoms with van der Waals surface area (Å²) in [5.74, 6) is 1.37. The third kappa shape index (κ3) is 3.98. The summed E-state index contributed by atoms with van der Waals surface area (Å²) in [6.07, 6.45) is 1.02. The monoisotopic (exact) mass is 335 g/mol. The first-order chi connectivity index (χ1) is 11.8. The van der Waals surface area contributed by atoms with Crippen LogP contribution in [0.25, 0.3) is 10.8 Å². The lowest BCUT2D eigenvalue weighted by Crippen LogP contribution is -1.98. The summed E-state index contributed by atoms with van der Waals surface area (Å²) in [5.41, 5.74) is 1.72. The van der Waals surface area contributed by atoms with Crippen molar-refractivity contribution in [2.45, 2.75) is 18.2 Å². The number of nitrogens with zero attached hydrogens (tertiary/aromatic N) is 1. The number of phenolic OH excluding ortho intramolecular Hbond substituents is 1. The first-order valence-corrected chi connectivity index (χ1v) is 9.14. The van der Waals surface area contributed by atoms with Gasteiger partial charge in [0.2, 0.25) is 0 Å². The number of hydrogen-bond acceptors (Lipinski definition) is 3. The zero-order valence-electron chi connectivity index (χ0n) is 13.8. The van der Waals surface area contributed by atoms with Gasteiger partial charge in [0, 0.05) is 28.1 Å². The second-order valence-corrected chi connectivity index (χ2v) is 6.83. The van der Waals surface area contributed by atoms with Crippen molar-refractivity contribution in [1.29, 1.82) is 0 Å². The maximum Gasteiger partial charge on any atom is 0.132 e. The maximum absolute atomic E-state index is 10.5. The minimum Gasteiger partial charge on any atom is -0.507 e. The van der Waals surface area contributed by atoms with Crippen LogP contribution in [0.15, 0.2) is 76.6 Å². The Morgan fingerprint density at radius 1 is 0.958 bits per heavy atom. The van der Waals surface area contributed by atoms with E-state index in [0.717, 1.165) is 40.8 Å². The minimum atomic E-state index is 0.327. The number of hydrogen-bond donors (Lipinski definition) is 1. The molecule has 24 heavy (non-hydrogen) atoms. The Balaban J connectivity index is 1.60. The number of fused-ring (bicyclic) bond motifs is 1. The van der Waals surface area contributed by atoms with Crippen LogP contribution in [0.1, 0.15) is 18.9 Å². The number of phenols is 1. The molecule has 0 spiro atoms. The Labute approximate surface area is 147 Å². The molecule has 122 valence electrons. The van der Waals surface area contributed by atoms with Crippen LogP contribution >= 0.6 is 11.8 Å². The van der Waals surface area contributed by atoms with Crippen LogP contribution in [-0.2, 0) is 0 Å². The molecule has 0 aliphatic carbocycles. The van der Waals surface area contributed by atoms with E-state index in [2.05, 4.69) is 29.3 Å². The number of aliphatic imine (C=N–C) groups is 1. The molecule has 2 nitrogen and oxygen atoms in total. The Morgan fingerprint density at radius 2 is 1.71 bits per heavy atom. The highest BCUT2D eigenvalue weighted by Crippen LogP contribution is 2.29. The number of aromatic hydroxyl groups is 1. The van der Waals surface area contributed by atoms with Gasteiger partial charge in [0.05, 0.1) is 0 Å². The Bertz CT molecular complexity index is 843. The van der Waals surface area contributed by atoms with Gasteiger partial charge in [-0.2, -0.15) is 0 Å². The van der Waals surface area contributed by atoms with E-state index in [-0.39, 0.29) is 0 Å². The zero-order chi connectivity index (χ0) is 16.8. The van der Waals surface area contributed by atoms with Gasteiger partial charge in [-0.05, 0) is 42.7 Å². The van der Waals surface area contributed by atoms with Crippen molar-refractivity contribution >= 4 is 28.2 Å². The molecule has 3 aromatic rings. The van der Waals surface area contributed by atoms with Crippen LogP contribution in [0.5, 0.6) is 5.75 Å². The van der Waals surface area contributed by atoms with E-state index >= 15 is 0 Å². The molecule has 0 saturated carbocycles. The van der Waals surface area contributed by atoms with E-state index < -0.39 is 0 Å². The van der Waals surface area contributed by atoms with Gasteiger partial charge in [-0.3, -0.25) is 4.99 Å². The maximum atomic E-state index is 10.5. The molecule has 0 atom stereocenters. The van der Waals surface area contributed by atoms with E-state index in [1.54, 1.807) is 0 Å². The van der Waals surface area contributed by atoms with Crippen molar-refractivity contribution in [2.75, 3.05) is 12.3 Å². The van der Waals surface area contributed by atoms with Gasteiger partial charge in [0.15, 0.2) is 0 Å². The summed E-state index contributed by atoms with van der Waals surface area (Å²) in [4.78, 5) is 5.93. The molecule has 0 heterocycles. The van der Waals surface area contributed by atoms with Crippen molar-refractivity contribution in [2.24, 2.45) is 4.99 Å². The van der Waals surface area contributed by atoms with Gasteiger partial charge in [-0.25, -0.2) is 0 Å². The average molecular weight is 335 g/mol. The van der Waals surface area contributed by atoms with Crippen LogP contribution in [0.2, 0.25) is 0 Å². The second-order valence-electron chi connectivity index (χ2n) is 5.67. The highest BCUT2D eigenvalue weighted by molar-refractivity contribution is 7.99. The summed E-state index contributed by atoms with van der Waals surface area (Å²) < 4.78 is 0. The van der Waals surface area contributed by atoms with Gasteiger partial charge in [0.25, 0.3) is 0 Å². The fourth-order valence-corrected chi connectivity index (χ4v) is 3.51. The van der Waals surface area contributed by atoms with E-state index in [4.69, 9.17) is 0 Å². The van der Waals surface area contributed by atoms with Crippen LogP contribution in [0.3, 0.4) is 0 Å². The predicted octanol–water partition coefficient (Wildman–Crippen LogP) is 5.54. The van der Waals surface area contributed by atoms with Crippen LogP contribution in [-0.4, -0.2) is 23.1 Å². The summed E-state index contributed by atoms with van der Waals surface area (Å²) in [7, 11) is 0. The smallest absolute Gasteiger partial charge is 0.132 e. The third-order valence-corrected chi connectivity index (χ3v) is 5.05. The molecule has 3 heteroatoms. The normalized spacial score (nSPS) is 11.8. The van der Waals surface area contributed by atoms with Gasteiger partial charge in [-0.15, -0.1) is 11.8 Å². The van der Waals surface area contributed by atoms with Crippen LogP contribution < -0.4 is 0 Å². The van der Waals surface area contributed by atoms with Crippen molar-refractivity contribution < 1.29 is 5.11 Å². The third-order valence-electron chi connectivity index (χ3n) is 3.95. The van der Waals surface area contributed by atoms with Gasteiger partial charge < -0.3 is 5.11 Å². The molecule has 0 unspecified atom stereocenters. The Hall–Kier alpha value is -2.26. The molecule has 0 bridgehead atoms. The number of benzene rings is 3. The molecule has 0 aliphatic rings. The van der Waals surface area contributed by atoms with E-state index in [1.165, 1.54) is 4.90 Å². The second kappa shape index (κ2) is 8.02. The van der Waals surface area contributed by atoms with Crippen LogP contribution in [0.4, 0.5) is 0 Å². The van der Waals surface area contributed by atoms with E-state index in [9.17, 15) is 5.11 Å². The Kier molecular flexibility index (Phi) is 5.55. The molecule has 3 aromatic carbocycles. The Morgan fingerprint density at radius 3 is 2.54 bits per heavy atom. The molecule has 3 rings (SSSR count). The van der Waals surface area contributed by atoms with Crippen molar-refractivity contribution in [1.82, 2.24) is 0 Å². The molecular weight excluding hydrogens is 314 g/mol. The topological polar surface area (TPSA) is 32.6 Å². The largest absolute Gasteiger partial charge is 0.507 e. The molecule has 0 aliphatic heterocycles. The molecule has 0 aromatic heterocycles. The standard InChI is InChI=1S/C21H21NOS/c1-16(22-14-7-15-24-18-9-3-2-4-10-18)19-13-12-17-8-5-6-11-20(17)21(19)23/h2-6,8-13,23H,7,14-15H2,1H3. The first-order valence-electron chi connectivity index (χ1n) is 8.15. The highest BCUT2D eigenvalue weighted by atomic mass is 32.2. The molecule has 0 amide bonds. The van der Waals surface area contributed by atoms with Gasteiger partial charge in [-0.1, -0.05) is 48.5 Å². The number of thioether (sulfide) groups is 1. The van der Waals surface area contributed by atoms with E-state index in [0.29, 0.717) is 5.75 Å². The lowest BCUT2D eigenvalue weighted by atomic mass is 10.0. The molecule has 1 N–H and O–H groups in total. The lowest BCUT2D eigenvalue weighted by Gasteiger charge is -2.08. The molecular formula is C21H21NOS. The molecule has 0 fully saturated rings. The quantitative estimate of drug-likeness (QED) is 0.364. The SMILES string of the molecule is CC(=NCCCSc1ccccc1)c1ccc2ccccc2c1O. The minimum absolute atomic E-state index is 0.327. The first kappa shape index (κ1) is 16.6. The summed E-state index contributed by atoms with van der Waals surface area (Å²) in [6, 6.07) is 22.3. The van der Waals surface area contributed by atoms with Gasteiger partial charge in [0.1, 0.15) is 5.75 Å². The summed E-state index contributed by atoms with van der Waals surface area (Å²) in [5, 5.41) is 12.4. The average Bonchev–Trinajstić information content (AvgIpc) is 2.62. The van der Waals surface area contributed by atoms with Crippen LogP contribution in [0, 0.1) is 0 Å².